The number of carbonyl (C=O) groups is 1. The molecule has 0 fully saturated rings. The molecule has 0 aromatic rings. The van der Waals surface area contributed by atoms with Gasteiger partial charge in [-0.2, -0.15) is 0 Å². The summed E-state index contributed by atoms with van der Waals surface area (Å²) in [5.41, 5.74) is 5.54. The summed E-state index contributed by atoms with van der Waals surface area (Å²) in [5, 5.41) is 11.2. The molecule has 0 aromatic heterocycles. The van der Waals surface area contributed by atoms with Crippen LogP contribution in [-0.2, 0) is 4.79 Å². The summed E-state index contributed by atoms with van der Waals surface area (Å²) >= 11 is 0. The minimum absolute atomic E-state index is 0.0510. The molecule has 4 heteroatoms. The van der Waals surface area contributed by atoms with Crippen LogP contribution in [0, 0.1) is 0 Å². The van der Waals surface area contributed by atoms with Crippen LogP contribution >= 0.6 is 0 Å². The van der Waals surface area contributed by atoms with Crippen molar-refractivity contribution in [2.24, 2.45) is 5.73 Å². The van der Waals surface area contributed by atoms with Gasteiger partial charge in [0.2, 0.25) is 5.91 Å². The Hall–Kier alpha value is -0.610. The second kappa shape index (κ2) is 5.97. The van der Waals surface area contributed by atoms with Gasteiger partial charge in [0.15, 0.2) is 0 Å². The number of hydrogen-bond acceptors (Lipinski definition) is 3. The molecule has 1 amide bonds. The lowest BCUT2D eigenvalue weighted by atomic mass is 10.1. The maximum Gasteiger partial charge on any atom is 0.237 e. The first kappa shape index (κ1) is 11.4. The predicted molar refractivity (Wildman–Crippen MR) is 47.6 cm³/mol. The van der Waals surface area contributed by atoms with E-state index < -0.39 is 6.04 Å². The van der Waals surface area contributed by atoms with Crippen molar-refractivity contribution in [2.75, 3.05) is 6.61 Å². The van der Waals surface area contributed by atoms with Crippen LogP contribution in [0.15, 0.2) is 0 Å². The number of amides is 1. The molecular weight excluding hydrogens is 156 g/mol. The van der Waals surface area contributed by atoms with Crippen LogP contribution < -0.4 is 11.1 Å². The lowest BCUT2D eigenvalue weighted by molar-refractivity contribution is -0.123. The van der Waals surface area contributed by atoms with Gasteiger partial charge in [-0.25, -0.2) is 0 Å². The van der Waals surface area contributed by atoms with Gasteiger partial charge < -0.3 is 16.2 Å². The lowest BCUT2D eigenvalue weighted by Crippen LogP contribution is -2.45. The second-order valence-corrected chi connectivity index (χ2v) is 2.99. The molecule has 12 heavy (non-hydrogen) atoms. The van der Waals surface area contributed by atoms with E-state index in [0.29, 0.717) is 6.42 Å². The van der Waals surface area contributed by atoms with E-state index >= 15 is 0 Å². The standard InChI is InChI=1S/C8H18N2O2/c1-3-4-7(9)8(12)10-6(2)5-11/h6-7,11H,3-5,9H2,1-2H3,(H,10,12)/t6-,7?/m0/s1. The van der Waals surface area contributed by atoms with Crippen molar-refractivity contribution in [1.29, 1.82) is 0 Å². The van der Waals surface area contributed by atoms with Gasteiger partial charge >= 0.3 is 0 Å². The molecule has 72 valence electrons. The van der Waals surface area contributed by atoms with Crippen LogP contribution in [0.3, 0.4) is 0 Å². The number of hydrogen-bond donors (Lipinski definition) is 3. The Morgan fingerprint density at radius 3 is 2.67 bits per heavy atom. The van der Waals surface area contributed by atoms with Crippen molar-refractivity contribution in [2.45, 2.75) is 38.8 Å². The van der Waals surface area contributed by atoms with Gasteiger partial charge in [-0.05, 0) is 13.3 Å². The summed E-state index contributed by atoms with van der Waals surface area (Å²) in [4.78, 5) is 11.2. The Balaban J connectivity index is 3.70. The predicted octanol–water partition coefficient (Wildman–Crippen LogP) is -0.389. The molecule has 0 aromatic carbocycles. The number of rotatable bonds is 5. The normalized spacial score (nSPS) is 15.3. The topological polar surface area (TPSA) is 75.4 Å². The Labute approximate surface area is 73.1 Å². The lowest BCUT2D eigenvalue weighted by Gasteiger charge is -2.14. The number of aliphatic hydroxyl groups excluding tert-OH is 1. The number of nitrogens with one attached hydrogen (secondary N) is 1. The Bertz CT molecular complexity index is 139. The molecule has 2 atom stereocenters. The molecule has 0 radical (unpaired) electrons. The van der Waals surface area contributed by atoms with Crippen LogP contribution in [0.1, 0.15) is 26.7 Å². The van der Waals surface area contributed by atoms with Crippen LogP contribution in [0.25, 0.3) is 0 Å². The Kier molecular flexibility index (Phi) is 5.66. The van der Waals surface area contributed by atoms with E-state index in [-0.39, 0.29) is 18.6 Å². The molecule has 0 rings (SSSR count). The number of aliphatic hydroxyl groups is 1. The van der Waals surface area contributed by atoms with Gasteiger partial charge in [-0.3, -0.25) is 4.79 Å². The summed E-state index contributed by atoms with van der Waals surface area (Å²) in [6, 6.07) is -0.649. The first-order valence-electron chi connectivity index (χ1n) is 4.28. The van der Waals surface area contributed by atoms with E-state index in [4.69, 9.17) is 10.8 Å². The molecule has 0 saturated heterocycles. The highest BCUT2D eigenvalue weighted by atomic mass is 16.3. The van der Waals surface area contributed by atoms with Crippen molar-refractivity contribution in [3.05, 3.63) is 0 Å². The second-order valence-electron chi connectivity index (χ2n) is 2.99. The molecule has 0 spiro atoms. The van der Waals surface area contributed by atoms with Crippen LogP contribution in [0.4, 0.5) is 0 Å². The fraction of sp³-hybridized carbons (Fsp3) is 0.875. The minimum atomic E-state index is -0.441. The smallest absolute Gasteiger partial charge is 0.237 e. The van der Waals surface area contributed by atoms with Crippen LogP contribution in [0.2, 0.25) is 0 Å². The maximum atomic E-state index is 11.2. The highest BCUT2D eigenvalue weighted by molar-refractivity contribution is 5.81. The molecule has 4 N–H and O–H groups in total. The fourth-order valence-corrected chi connectivity index (χ4v) is 0.838. The maximum absolute atomic E-state index is 11.2. The molecule has 0 heterocycles. The highest BCUT2D eigenvalue weighted by Gasteiger charge is 2.13. The van der Waals surface area contributed by atoms with E-state index in [1.54, 1.807) is 6.92 Å². The zero-order chi connectivity index (χ0) is 9.56. The van der Waals surface area contributed by atoms with E-state index in [9.17, 15) is 4.79 Å². The van der Waals surface area contributed by atoms with Gasteiger partial charge in [-0.1, -0.05) is 13.3 Å². The summed E-state index contributed by atoms with van der Waals surface area (Å²) in [6.45, 7) is 3.66. The molecule has 0 aliphatic carbocycles. The monoisotopic (exact) mass is 174 g/mol. The van der Waals surface area contributed by atoms with Gasteiger partial charge in [0.1, 0.15) is 0 Å². The van der Waals surface area contributed by atoms with Crippen molar-refractivity contribution < 1.29 is 9.90 Å². The van der Waals surface area contributed by atoms with Gasteiger partial charge in [-0.15, -0.1) is 0 Å². The van der Waals surface area contributed by atoms with Gasteiger partial charge in [0.25, 0.3) is 0 Å². The molecule has 0 aliphatic rings. The van der Waals surface area contributed by atoms with Gasteiger partial charge in [0.05, 0.1) is 12.6 Å². The Morgan fingerprint density at radius 1 is 1.67 bits per heavy atom. The third-order valence-corrected chi connectivity index (χ3v) is 1.60. The summed E-state index contributed by atoms with van der Waals surface area (Å²) in [6.07, 6.45) is 1.58. The van der Waals surface area contributed by atoms with Crippen molar-refractivity contribution in [1.82, 2.24) is 5.32 Å². The first-order valence-corrected chi connectivity index (χ1v) is 4.28. The van der Waals surface area contributed by atoms with Gasteiger partial charge in [0, 0.05) is 6.04 Å². The minimum Gasteiger partial charge on any atom is -0.394 e. The zero-order valence-corrected chi connectivity index (χ0v) is 7.71. The molecule has 0 bridgehead atoms. The fourth-order valence-electron chi connectivity index (χ4n) is 0.838. The molecule has 0 saturated carbocycles. The van der Waals surface area contributed by atoms with Crippen LogP contribution in [-0.4, -0.2) is 29.7 Å². The van der Waals surface area contributed by atoms with Crippen molar-refractivity contribution in [3.8, 4) is 0 Å². The summed E-state index contributed by atoms with van der Waals surface area (Å²) < 4.78 is 0. The van der Waals surface area contributed by atoms with E-state index in [1.165, 1.54) is 0 Å². The molecule has 4 nitrogen and oxygen atoms in total. The third-order valence-electron chi connectivity index (χ3n) is 1.60. The van der Waals surface area contributed by atoms with E-state index in [1.807, 2.05) is 6.92 Å². The average molecular weight is 174 g/mol. The molecule has 0 aliphatic heterocycles. The summed E-state index contributed by atoms with van der Waals surface area (Å²) in [7, 11) is 0. The highest BCUT2D eigenvalue weighted by Crippen LogP contribution is 1.93. The molecular formula is C8H18N2O2. The first-order chi connectivity index (χ1) is 5.61. The third kappa shape index (κ3) is 4.31. The van der Waals surface area contributed by atoms with Crippen LogP contribution in [0.5, 0.6) is 0 Å². The van der Waals surface area contributed by atoms with Crippen molar-refractivity contribution >= 4 is 5.91 Å². The van der Waals surface area contributed by atoms with E-state index in [0.717, 1.165) is 6.42 Å². The zero-order valence-electron chi connectivity index (χ0n) is 7.71. The quantitative estimate of drug-likeness (QED) is 0.531. The SMILES string of the molecule is CCCC(N)C(=O)N[C@@H](C)CO. The largest absolute Gasteiger partial charge is 0.394 e. The molecule has 1 unspecified atom stereocenters. The van der Waals surface area contributed by atoms with E-state index in [2.05, 4.69) is 5.32 Å². The number of nitrogens with two attached hydrogens (primary N) is 1. The number of carbonyl (C=O) groups excluding carboxylic acids is 1. The van der Waals surface area contributed by atoms with Crippen molar-refractivity contribution in [3.63, 3.8) is 0 Å². The Morgan fingerprint density at radius 2 is 2.25 bits per heavy atom. The summed E-state index contributed by atoms with van der Waals surface area (Å²) in [5.74, 6) is -0.182. The average Bonchev–Trinajstić information content (AvgIpc) is 2.04.